The molecule has 0 aliphatic heterocycles. The van der Waals surface area contributed by atoms with Gasteiger partial charge in [0.1, 0.15) is 17.9 Å². The highest BCUT2D eigenvalue weighted by atomic mass is 19.4. The molecule has 0 spiro atoms. The van der Waals surface area contributed by atoms with Gasteiger partial charge in [-0.25, -0.2) is 4.79 Å². The van der Waals surface area contributed by atoms with Gasteiger partial charge in [-0.1, -0.05) is 54.6 Å². The Hall–Kier alpha value is -5.19. The van der Waals surface area contributed by atoms with Crippen LogP contribution in [-0.2, 0) is 25.6 Å². The van der Waals surface area contributed by atoms with Crippen LogP contribution in [-0.4, -0.2) is 71.9 Å². The van der Waals surface area contributed by atoms with Crippen molar-refractivity contribution in [2.24, 2.45) is 33.7 Å². The third-order valence-electron chi connectivity index (χ3n) is 6.40. The number of hydrogen-bond acceptors (Lipinski definition) is 7. The van der Waals surface area contributed by atoms with Gasteiger partial charge in [0.05, 0.1) is 5.92 Å². The van der Waals surface area contributed by atoms with Crippen molar-refractivity contribution in [3.8, 4) is 0 Å². The highest BCUT2D eigenvalue weighted by molar-refractivity contribution is 5.95. The summed E-state index contributed by atoms with van der Waals surface area (Å²) in [5, 5.41) is 20.2. The van der Waals surface area contributed by atoms with Crippen LogP contribution in [0.4, 0.5) is 13.2 Å². The van der Waals surface area contributed by atoms with Crippen LogP contribution in [0.15, 0.2) is 59.6 Å². The molecule has 3 atom stereocenters. The van der Waals surface area contributed by atoms with E-state index in [1.807, 2.05) is 42.5 Å². The zero-order valence-electron chi connectivity index (χ0n) is 24.9. The van der Waals surface area contributed by atoms with Gasteiger partial charge in [-0.15, -0.1) is 0 Å². The number of amidine groups is 1. The number of nitrogens with two attached hydrogens (primary N) is 5. The number of primary amides is 1. The number of carboxylic acid groups (broad SMARTS) is 1. The number of alkyl halides is 3. The zero-order valence-corrected chi connectivity index (χ0v) is 24.9. The molecule has 17 heteroatoms. The smallest absolute Gasteiger partial charge is 0.475 e. The normalized spacial score (nSPS) is 12.7. The number of aliphatic carboxylic acids is 1. The highest BCUT2D eigenvalue weighted by Gasteiger charge is 2.38. The van der Waals surface area contributed by atoms with E-state index in [0.717, 1.165) is 11.1 Å². The first-order valence-electron chi connectivity index (χ1n) is 14.0. The number of nitrogens with zero attached hydrogens (tertiary/aromatic N) is 1. The van der Waals surface area contributed by atoms with Gasteiger partial charge in [-0.2, -0.15) is 13.2 Å². The Morgan fingerprint density at radius 2 is 1.39 bits per heavy atom. The molecule has 1 unspecified atom stereocenters. The quantitative estimate of drug-likeness (QED) is 0.0679. The second-order valence-electron chi connectivity index (χ2n) is 9.99. The summed E-state index contributed by atoms with van der Waals surface area (Å²) in [4.78, 5) is 51.5. The fourth-order valence-electron chi connectivity index (χ4n) is 4.03. The molecule has 0 radical (unpaired) electrons. The van der Waals surface area contributed by atoms with Crippen LogP contribution >= 0.6 is 0 Å². The largest absolute Gasteiger partial charge is 0.490 e. The van der Waals surface area contributed by atoms with E-state index in [0.29, 0.717) is 31.4 Å². The Morgan fingerprint density at radius 1 is 0.848 bits per heavy atom. The van der Waals surface area contributed by atoms with E-state index >= 15 is 0 Å². The van der Waals surface area contributed by atoms with Gasteiger partial charge >= 0.3 is 12.1 Å². The average Bonchev–Trinajstić information content (AvgIpc) is 2.99. The third-order valence-corrected chi connectivity index (χ3v) is 6.40. The number of carbonyl (C=O) groups excluding carboxylic acids is 3. The maximum absolute atomic E-state index is 13.6. The van der Waals surface area contributed by atoms with Crippen molar-refractivity contribution in [1.29, 1.82) is 5.41 Å². The van der Waals surface area contributed by atoms with Crippen LogP contribution in [0.3, 0.4) is 0 Å². The lowest BCUT2D eigenvalue weighted by Crippen LogP contribution is -2.53. The lowest BCUT2D eigenvalue weighted by Gasteiger charge is -2.24. The van der Waals surface area contributed by atoms with Crippen molar-refractivity contribution in [3.05, 3.63) is 71.3 Å². The van der Waals surface area contributed by atoms with Gasteiger partial charge in [-0.3, -0.25) is 24.8 Å². The molecule has 0 aliphatic rings. The molecule has 0 fully saturated rings. The average molecular weight is 652 g/mol. The van der Waals surface area contributed by atoms with Gasteiger partial charge in [0, 0.05) is 12.1 Å². The minimum Gasteiger partial charge on any atom is -0.475 e. The maximum Gasteiger partial charge on any atom is 0.490 e. The number of halogens is 3. The van der Waals surface area contributed by atoms with E-state index in [9.17, 15) is 27.6 Å². The first kappa shape index (κ1) is 38.8. The molecule has 0 heterocycles. The van der Waals surface area contributed by atoms with Crippen LogP contribution < -0.4 is 39.3 Å². The first-order valence-corrected chi connectivity index (χ1v) is 14.0. The van der Waals surface area contributed by atoms with Crippen LogP contribution in [0.25, 0.3) is 0 Å². The van der Waals surface area contributed by atoms with Crippen LogP contribution in [0.1, 0.15) is 48.3 Å². The van der Waals surface area contributed by atoms with Gasteiger partial charge in [-0.05, 0) is 49.8 Å². The Bertz CT molecular complexity index is 1340. The zero-order chi connectivity index (χ0) is 34.9. The van der Waals surface area contributed by atoms with Crippen LogP contribution in [0, 0.1) is 5.41 Å². The Morgan fingerprint density at radius 3 is 1.87 bits per heavy atom. The van der Waals surface area contributed by atoms with E-state index in [-0.39, 0.29) is 37.1 Å². The second kappa shape index (κ2) is 19.3. The van der Waals surface area contributed by atoms with Crippen molar-refractivity contribution >= 4 is 35.5 Å². The van der Waals surface area contributed by atoms with E-state index in [1.165, 1.54) is 0 Å². The SMILES string of the molecule is N=C(N)c1ccc(CC(C(=O)N[C@@H](CCCN)C(=O)N[C@@H](CCCN=C(N)N)C(N)=O)c2ccccc2)cc1.O=C(O)C(F)(F)F. The molecule has 0 saturated heterocycles. The summed E-state index contributed by atoms with van der Waals surface area (Å²) in [6.45, 7) is 0.601. The highest BCUT2D eigenvalue weighted by Crippen LogP contribution is 2.22. The fourth-order valence-corrected chi connectivity index (χ4v) is 4.03. The first-order chi connectivity index (χ1) is 21.6. The molecule has 46 heavy (non-hydrogen) atoms. The number of hydrogen-bond donors (Lipinski definition) is 9. The summed E-state index contributed by atoms with van der Waals surface area (Å²) >= 11 is 0. The van der Waals surface area contributed by atoms with Crippen molar-refractivity contribution in [1.82, 2.24) is 10.6 Å². The standard InChI is InChI=1S/C27H39N9O3.C2HF3O2/c28-14-4-8-22(26(39)35-21(24(31)37)9-5-15-34-27(32)33)36-25(38)20(18-6-2-1-3-7-18)16-17-10-12-19(13-11-17)23(29)30;3-2(4,5)1(6)7/h1-3,6-7,10-13,20-22H,4-5,8-9,14-16,28H2,(H3,29,30)(H2,31,37)(H,35,39)(H,36,38)(H4,32,33,34);(H,6,7)/t20?,21-,22-;/m0./s1. The number of amides is 3. The molecule has 0 saturated carbocycles. The summed E-state index contributed by atoms with van der Waals surface area (Å²) in [5.74, 6) is -5.05. The Balaban J connectivity index is 0.00000135. The van der Waals surface area contributed by atoms with Crippen molar-refractivity contribution in [3.63, 3.8) is 0 Å². The van der Waals surface area contributed by atoms with E-state index in [2.05, 4.69) is 15.6 Å². The van der Waals surface area contributed by atoms with E-state index < -0.39 is 42.0 Å². The van der Waals surface area contributed by atoms with Gasteiger partial charge < -0.3 is 44.4 Å². The van der Waals surface area contributed by atoms with Gasteiger partial charge in [0.2, 0.25) is 17.7 Å². The molecule has 3 amide bonds. The van der Waals surface area contributed by atoms with E-state index in [4.69, 9.17) is 44.0 Å². The lowest BCUT2D eigenvalue weighted by atomic mass is 9.90. The summed E-state index contributed by atoms with van der Waals surface area (Å²) in [5.41, 5.74) is 29.6. The molecule has 14 nitrogen and oxygen atoms in total. The van der Waals surface area contributed by atoms with Gasteiger partial charge in [0.25, 0.3) is 0 Å². The molecule has 2 rings (SSSR count). The van der Waals surface area contributed by atoms with E-state index in [1.54, 1.807) is 12.1 Å². The maximum atomic E-state index is 13.6. The van der Waals surface area contributed by atoms with Crippen LogP contribution in [0.2, 0.25) is 0 Å². The number of nitrogens with one attached hydrogen (secondary N) is 3. The van der Waals surface area contributed by atoms with Crippen molar-refractivity contribution in [2.45, 2.75) is 56.3 Å². The lowest BCUT2D eigenvalue weighted by molar-refractivity contribution is -0.192. The molecule has 252 valence electrons. The number of aliphatic imine (C=N–C) groups is 1. The molecule has 2 aromatic rings. The minimum atomic E-state index is -5.08. The number of nitrogen functional groups attached to an aromatic ring is 1. The summed E-state index contributed by atoms with van der Waals surface area (Å²) in [6.07, 6.45) is -3.31. The second-order valence-corrected chi connectivity index (χ2v) is 9.99. The fraction of sp³-hybridized carbons (Fsp3) is 0.379. The number of benzene rings is 2. The monoisotopic (exact) mass is 651 g/mol. The summed E-state index contributed by atoms with van der Waals surface area (Å²) in [6, 6.07) is 14.5. The molecule has 0 aliphatic carbocycles. The third kappa shape index (κ3) is 14.5. The Labute approximate surface area is 263 Å². The predicted molar refractivity (Wildman–Crippen MR) is 165 cm³/mol. The number of rotatable bonds is 16. The Kier molecular flexibility index (Phi) is 16.3. The predicted octanol–water partition coefficient (Wildman–Crippen LogP) is 0.178. The number of carbonyl (C=O) groups is 4. The molecule has 2 aromatic carbocycles. The molecule has 0 aromatic heterocycles. The number of carboxylic acids is 1. The molecule has 14 N–H and O–H groups in total. The van der Waals surface area contributed by atoms with Crippen molar-refractivity contribution < 1.29 is 37.5 Å². The summed E-state index contributed by atoms with van der Waals surface area (Å²) < 4.78 is 31.7. The molecular weight excluding hydrogens is 611 g/mol. The van der Waals surface area contributed by atoms with Crippen LogP contribution in [0.5, 0.6) is 0 Å². The molecular formula is C29H40F3N9O5. The topological polar surface area (TPSA) is 279 Å². The summed E-state index contributed by atoms with van der Waals surface area (Å²) in [7, 11) is 0. The van der Waals surface area contributed by atoms with Gasteiger partial charge in [0.15, 0.2) is 5.96 Å². The number of guanidine groups is 1. The van der Waals surface area contributed by atoms with Crippen molar-refractivity contribution in [2.75, 3.05) is 13.1 Å². The minimum absolute atomic E-state index is 0.0434. The molecule has 0 bridgehead atoms.